The zero-order chi connectivity index (χ0) is 23.2. The summed E-state index contributed by atoms with van der Waals surface area (Å²) >= 11 is 0. The lowest BCUT2D eigenvalue weighted by Gasteiger charge is -2.11. The van der Waals surface area contributed by atoms with Gasteiger partial charge in [0, 0.05) is 22.4 Å². The van der Waals surface area contributed by atoms with Crippen molar-refractivity contribution in [1.82, 2.24) is 9.97 Å². The van der Waals surface area contributed by atoms with Crippen molar-refractivity contribution < 1.29 is 36.6 Å². The van der Waals surface area contributed by atoms with Crippen LogP contribution in [0.1, 0.15) is 17.3 Å². The first kappa shape index (κ1) is 21.4. The molecule has 2 aromatic carbocycles. The van der Waals surface area contributed by atoms with E-state index in [1.165, 1.54) is 20.3 Å². The molecule has 10 heteroatoms. The van der Waals surface area contributed by atoms with Gasteiger partial charge in [0.2, 0.25) is 0 Å². The molecule has 0 aliphatic heterocycles. The highest BCUT2D eigenvalue weighted by atomic mass is 19.2. The number of methoxy groups -OCH3 is 2. The summed E-state index contributed by atoms with van der Waals surface area (Å²) in [6.07, 6.45) is 0. The Labute approximate surface area is 178 Å². The number of hydrogen-bond acceptors (Lipinski definition) is 5. The van der Waals surface area contributed by atoms with Gasteiger partial charge in [0.15, 0.2) is 34.8 Å². The molecular weight excluding hydrogens is 432 g/mol. The molecule has 32 heavy (non-hydrogen) atoms. The fourth-order valence-corrected chi connectivity index (χ4v) is 3.46. The minimum atomic E-state index is -2.01. The molecule has 6 nitrogen and oxygen atoms in total. The quantitative estimate of drug-likeness (QED) is 0.198. The van der Waals surface area contributed by atoms with E-state index in [9.17, 15) is 22.4 Å². The monoisotopic (exact) mass is 448 g/mol. The van der Waals surface area contributed by atoms with E-state index in [-0.39, 0.29) is 17.8 Å². The molecule has 0 spiro atoms. The maximum Gasteiger partial charge on any atom is 0.340 e. The number of aromatic amines is 1. The van der Waals surface area contributed by atoms with Crippen LogP contribution >= 0.6 is 0 Å². The molecule has 0 saturated carbocycles. The number of nitrogens with one attached hydrogen (secondary N) is 1. The van der Waals surface area contributed by atoms with Crippen molar-refractivity contribution >= 4 is 27.9 Å². The molecule has 0 saturated heterocycles. The van der Waals surface area contributed by atoms with Gasteiger partial charge in [-0.1, -0.05) is 0 Å². The topological polar surface area (TPSA) is 73.4 Å². The fraction of sp³-hybridized carbons (Fsp3) is 0.182. The third-order valence-corrected chi connectivity index (χ3v) is 4.94. The SMILES string of the molecule is CCOC(=O)c1cc2c(nc1-c1cc(F)c(F)c(F)c1F)[nH]c1cc(OC)c(OC)cc12. The number of fused-ring (bicyclic) bond motifs is 3. The summed E-state index contributed by atoms with van der Waals surface area (Å²) in [4.78, 5) is 19.8. The van der Waals surface area contributed by atoms with Gasteiger partial charge in [-0.05, 0) is 25.1 Å². The Morgan fingerprint density at radius 3 is 2.28 bits per heavy atom. The summed E-state index contributed by atoms with van der Waals surface area (Å²) in [6, 6.07) is 5.09. The largest absolute Gasteiger partial charge is 0.493 e. The van der Waals surface area contributed by atoms with E-state index in [0.717, 1.165) is 0 Å². The molecule has 4 aromatic rings. The van der Waals surface area contributed by atoms with Crippen LogP contribution in [0.5, 0.6) is 11.5 Å². The highest BCUT2D eigenvalue weighted by molar-refractivity contribution is 6.10. The summed E-state index contributed by atoms with van der Waals surface area (Å²) in [5.41, 5.74) is -0.645. The number of aromatic nitrogens is 2. The molecule has 2 heterocycles. The summed E-state index contributed by atoms with van der Waals surface area (Å²) in [7, 11) is 2.92. The summed E-state index contributed by atoms with van der Waals surface area (Å²) < 4.78 is 71.4. The first-order valence-corrected chi connectivity index (χ1v) is 9.39. The normalized spacial score (nSPS) is 11.2. The average molecular weight is 448 g/mol. The number of pyridine rings is 1. The zero-order valence-corrected chi connectivity index (χ0v) is 17.1. The van der Waals surface area contributed by atoms with E-state index in [0.29, 0.717) is 33.9 Å². The Morgan fingerprint density at radius 1 is 0.938 bits per heavy atom. The van der Waals surface area contributed by atoms with Crippen molar-refractivity contribution in [3.63, 3.8) is 0 Å². The minimum absolute atomic E-state index is 0.0101. The van der Waals surface area contributed by atoms with Crippen molar-refractivity contribution in [3.8, 4) is 22.8 Å². The third-order valence-electron chi connectivity index (χ3n) is 4.94. The van der Waals surface area contributed by atoms with Crippen LogP contribution in [0.2, 0.25) is 0 Å². The summed E-state index contributed by atoms with van der Waals surface area (Å²) in [5.74, 6) is -7.33. The van der Waals surface area contributed by atoms with E-state index in [1.54, 1.807) is 19.1 Å². The third kappa shape index (κ3) is 3.28. The van der Waals surface area contributed by atoms with Gasteiger partial charge in [-0.2, -0.15) is 0 Å². The van der Waals surface area contributed by atoms with Crippen LogP contribution in [0.4, 0.5) is 17.6 Å². The van der Waals surface area contributed by atoms with Crippen molar-refractivity contribution in [2.24, 2.45) is 0 Å². The van der Waals surface area contributed by atoms with Crippen molar-refractivity contribution in [1.29, 1.82) is 0 Å². The predicted molar refractivity (Wildman–Crippen MR) is 108 cm³/mol. The number of rotatable bonds is 5. The Bertz CT molecular complexity index is 1380. The molecule has 0 unspecified atom stereocenters. The lowest BCUT2D eigenvalue weighted by atomic mass is 10.0. The first-order chi connectivity index (χ1) is 15.3. The molecule has 0 amide bonds. The van der Waals surface area contributed by atoms with E-state index in [1.807, 2.05) is 0 Å². The molecular formula is C22H16F4N2O4. The Morgan fingerprint density at radius 2 is 1.62 bits per heavy atom. The molecule has 4 rings (SSSR count). The highest BCUT2D eigenvalue weighted by Gasteiger charge is 2.26. The lowest BCUT2D eigenvalue weighted by Crippen LogP contribution is -2.09. The van der Waals surface area contributed by atoms with Crippen LogP contribution in [0.15, 0.2) is 24.3 Å². The van der Waals surface area contributed by atoms with Crippen LogP contribution < -0.4 is 9.47 Å². The van der Waals surface area contributed by atoms with Gasteiger partial charge in [-0.3, -0.25) is 0 Å². The zero-order valence-electron chi connectivity index (χ0n) is 17.1. The van der Waals surface area contributed by atoms with Crippen LogP contribution in [0.3, 0.4) is 0 Å². The molecule has 0 atom stereocenters. The molecule has 0 fully saturated rings. The number of carbonyl (C=O) groups excluding carboxylic acids is 1. The Balaban J connectivity index is 2.08. The number of esters is 1. The number of ether oxygens (including phenoxy) is 3. The van der Waals surface area contributed by atoms with Crippen LogP contribution in [-0.2, 0) is 4.74 Å². The maximum atomic E-state index is 14.5. The Kier molecular flexibility index (Phi) is 5.37. The molecule has 0 radical (unpaired) electrons. The number of H-pyrrole nitrogens is 1. The molecule has 0 bridgehead atoms. The van der Waals surface area contributed by atoms with Gasteiger partial charge >= 0.3 is 5.97 Å². The maximum absolute atomic E-state index is 14.5. The van der Waals surface area contributed by atoms with E-state index in [2.05, 4.69) is 9.97 Å². The molecule has 0 aliphatic rings. The highest BCUT2D eigenvalue weighted by Crippen LogP contribution is 2.38. The standard InChI is InChI=1S/C22H16F4N2O4/c1-4-32-22(29)12-5-10-9-7-15(30-2)16(31-3)8-14(9)27-21(10)28-20(12)11-6-13(23)18(25)19(26)17(11)24/h5-8H,4H2,1-3H3,(H,27,28). The van der Waals surface area contributed by atoms with Crippen LogP contribution in [0, 0.1) is 23.3 Å². The number of benzene rings is 2. The van der Waals surface area contributed by atoms with Crippen LogP contribution in [-0.4, -0.2) is 36.8 Å². The average Bonchev–Trinajstić information content (AvgIpc) is 3.14. The van der Waals surface area contributed by atoms with Gasteiger partial charge in [0.1, 0.15) is 5.65 Å². The summed E-state index contributed by atoms with van der Waals surface area (Å²) in [6.45, 7) is 1.55. The van der Waals surface area contributed by atoms with E-state index < -0.39 is 40.5 Å². The van der Waals surface area contributed by atoms with Crippen molar-refractivity contribution in [2.75, 3.05) is 20.8 Å². The summed E-state index contributed by atoms with van der Waals surface area (Å²) in [5, 5.41) is 1.04. The number of halogens is 4. The second kappa shape index (κ2) is 8.03. The number of nitrogens with zero attached hydrogens (tertiary/aromatic N) is 1. The van der Waals surface area contributed by atoms with Crippen molar-refractivity contribution in [3.05, 3.63) is 53.1 Å². The molecule has 0 aliphatic carbocycles. The van der Waals surface area contributed by atoms with Gasteiger partial charge in [0.05, 0.1) is 37.6 Å². The smallest absolute Gasteiger partial charge is 0.340 e. The molecule has 1 N–H and O–H groups in total. The second-order valence-electron chi connectivity index (χ2n) is 6.73. The number of carbonyl (C=O) groups is 1. The number of hydrogen-bond donors (Lipinski definition) is 1. The molecule has 2 aromatic heterocycles. The minimum Gasteiger partial charge on any atom is -0.493 e. The fourth-order valence-electron chi connectivity index (χ4n) is 3.46. The Hall–Kier alpha value is -3.82. The van der Waals surface area contributed by atoms with E-state index in [4.69, 9.17) is 14.2 Å². The van der Waals surface area contributed by atoms with Gasteiger partial charge in [-0.25, -0.2) is 27.3 Å². The lowest BCUT2D eigenvalue weighted by molar-refractivity contribution is 0.0527. The van der Waals surface area contributed by atoms with Gasteiger partial charge in [-0.15, -0.1) is 0 Å². The first-order valence-electron chi connectivity index (χ1n) is 9.39. The van der Waals surface area contributed by atoms with Crippen LogP contribution in [0.25, 0.3) is 33.2 Å². The molecule has 166 valence electrons. The van der Waals surface area contributed by atoms with Gasteiger partial charge in [0.25, 0.3) is 0 Å². The second-order valence-corrected chi connectivity index (χ2v) is 6.73. The van der Waals surface area contributed by atoms with Crippen molar-refractivity contribution in [2.45, 2.75) is 6.92 Å². The van der Waals surface area contributed by atoms with E-state index >= 15 is 0 Å². The predicted octanol–water partition coefficient (Wildman–Crippen LogP) is 5.13. The van der Waals surface area contributed by atoms with Gasteiger partial charge < -0.3 is 19.2 Å².